The van der Waals surface area contributed by atoms with E-state index in [-0.39, 0.29) is 17.5 Å². The van der Waals surface area contributed by atoms with Crippen LogP contribution in [0.3, 0.4) is 0 Å². The van der Waals surface area contributed by atoms with E-state index in [9.17, 15) is 0 Å². The van der Waals surface area contributed by atoms with Gasteiger partial charge in [-0.3, -0.25) is 9.13 Å². The molecule has 0 spiro atoms. The van der Waals surface area contributed by atoms with E-state index in [4.69, 9.17) is 9.97 Å². The Morgan fingerprint density at radius 2 is 1.02 bits per heavy atom. The summed E-state index contributed by atoms with van der Waals surface area (Å²) in [5.74, 6) is 0. The van der Waals surface area contributed by atoms with Crippen LogP contribution in [-0.4, -0.2) is 25.8 Å². The minimum atomic E-state index is -0.104. The van der Waals surface area contributed by atoms with Gasteiger partial charge in [0.05, 0.1) is 22.1 Å². The number of rotatable bonds is 0. The Morgan fingerprint density at radius 3 is 1.51 bits per heavy atom. The van der Waals surface area contributed by atoms with Crippen LogP contribution in [0.15, 0.2) is 91.5 Å². The zero-order valence-corrected chi connectivity index (χ0v) is 24.5. The lowest BCUT2D eigenvalue weighted by atomic mass is 9.34. The van der Waals surface area contributed by atoms with Crippen LogP contribution in [0.25, 0.3) is 55.7 Å². The molecule has 4 aliphatic rings. The first-order valence-electron chi connectivity index (χ1n) is 15.3. The fourth-order valence-electron chi connectivity index (χ4n) is 9.32. The van der Waals surface area contributed by atoms with E-state index in [1.165, 1.54) is 83.3 Å². The number of nitrogens with zero attached hydrogens (tertiary/aromatic N) is 4. The summed E-state index contributed by atoms with van der Waals surface area (Å²) in [6, 6.07) is 29.6. The molecule has 0 radical (unpaired) electrons. The maximum Gasteiger partial charge on any atom is 0.252 e. The van der Waals surface area contributed by atoms with Gasteiger partial charge < -0.3 is 0 Å². The maximum absolute atomic E-state index is 5.18. The highest BCUT2D eigenvalue weighted by atomic mass is 15.1. The largest absolute Gasteiger partial charge is 0.300 e. The number of fused-ring (bicyclic) bond motifs is 12. The molecule has 0 fully saturated rings. The molecule has 2 aliphatic heterocycles. The number of aromatic nitrogens is 4. The third-order valence-corrected chi connectivity index (χ3v) is 11.3. The van der Waals surface area contributed by atoms with Gasteiger partial charge >= 0.3 is 0 Å². The van der Waals surface area contributed by atoms with Crippen molar-refractivity contribution in [1.29, 1.82) is 0 Å². The van der Waals surface area contributed by atoms with Crippen LogP contribution < -0.4 is 16.4 Å². The molecule has 2 aromatic heterocycles. The summed E-state index contributed by atoms with van der Waals surface area (Å²) in [5.41, 5.74) is 21.8. The van der Waals surface area contributed by atoms with Crippen molar-refractivity contribution in [3.05, 3.63) is 114 Å². The highest BCUT2D eigenvalue weighted by Gasteiger charge is 2.46. The number of benzene rings is 5. The molecule has 0 bridgehead atoms. The molecule has 5 aromatic carbocycles. The summed E-state index contributed by atoms with van der Waals surface area (Å²) < 4.78 is 4.70. The van der Waals surface area contributed by atoms with Gasteiger partial charge in [-0.2, -0.15) is 0 Å². The van der Waals surface area contributed by atoms with E-state index >= 15 is 0 Å². The highest BCUT2D eigenvalue weighted by molar-refractivity contribution is 7.00. The molecule has 0 amide bonds. The molecule has 2 aliphatic carbocycles. The Hall–Kier alpha value is -4.90. The van der Waals surface area contributed by atoms with E-state index in [1.807, 2.05) is 0 Å². The first kappa shape index (κ1) is 22.7. The van der Waals surface area contributed by atoms with Crippen LogP contribution in [0.1, 0.15) is 49.9 Å². The van der Waals surface area contributed by atoms with Crippen molar-refractivity contribution in [1.82, 2.24) is 19.1 Å². The van der Waals surface area contributed by atoms with Gasteiger partial charge in [0.15, 0.2) is 0 Å². The van der Waals surface area contributed by atoms with Crippen LogP contribution in [0, 0.1) is 0 Å². The average Bonchev–Trinajstić information content (AvgIpc) is 3.76. The molecular weight excluding hydrogens is 523 g/mol. The predicted octanol–water partition coefficient (Wildman–Crippen LogP) is 6.12. The highest BCUT2D eigenvalue weighted by Crippen LogP contribution is 2.53. The van der Waals surface area contributed by atoms with Crippen LogP contribution >= 0.6 is 0 Å². The molecule has 0 saturated carbocycles. The van der Waals surface area contributed by atoms with Gasteiger partial charge in [-0.15, -0.1) is 0 Å². The number of hydrogen-bond acceptors (Lipinski definition) is 2. The van der Waals surface area contributed by atoms with Crippen molar-refractivity contribution in [2.24, 2.45) is 0 Å². The molecule has 0 atom stereocenters. The van der Waals surface area contributed by atoms with E-state index < -0.39 is 0 Å². The molecule has 11 rings (SSSR count). The third kappa shape index (κ3) is 2.30. The molecule has 0 unspecified atom stereocenters. The van der Waals surface area contributed by atoms with E-state index in [2.05, 4.69) is 128 Å². The molecule has 0 N–H and O–H groups in total. The SMILES string of the molecule is CC1(C)c2ccccc2-c2c1cc1c3c2ncn3-c2cccc3c2B1c1cc2c(c4ncn-3c14)-c1ccccc1C2(C)C. The van der Waals surface area contributed by atoms with Gasteiger partial charge in [0, 0.05) is 33.3 Å². The van der Waals surface area contributed by atoms with Crippen molar-refractivity contribution in [3.8, 4) is 33.6 Å². The molecule has 43 heavy (non-hydrogen) atoms. The average molecular weight is 550 g/mol. The molecule has 4 nitrogen and oxygen atoms in total. The summed E-state index contributed by atoms with van der Waals surface area (Å²) in [6.07, 6.45) is 4.10. The Balaban J connectivity index is 1.31. The fraction of sp³-hybridized carbons (Fsp3) is 0.158. The zero-order chi connectivity index (χ0) is 28.6. The lowest BCUT2D eigenvalue weighted by molar-refractivity contribution is 0.661. The smallest absolute Gasteiger partial charge is 0.252 e. The topological polar surface area (TPSA) is 35.6 Å². The summed E-state index contributed by atoms with van der Waals surface area (Å²) >= 11 is 0. The molecule has 0 saturated heterocycles. The first-order valence-corrected chi connectivity index (χ1v) is 15.3. The Morgan fingerprint density at radius 1 is 0.558 bits per heavy atom. The second kappa shape index (κ2) is 6.84. The van der Waals surface area contributed by atoms with Crippen molar-refractivity contribution >= 4 is 45.2 Å². The summed E-state index contributed by atoms with van der Waals surface area (Å²) in [7, 11) is 0. The summed E-state index contributed by atoms with van der Waals surface area (Å²) in [5, 5.41) is 0. The summed E-state index contributed by atoms with van der Waals surface area (Å²) in [4.78, 5) is 10.4. The lowest BCUT2D eigenvalue weighted by Crippen LogP contribution is -2.59. The molecule has 5 heteroatoms. The van der Waals surface area contributed by atoms with Gasteiger partial charge in [0.2, 0.25) is 0 Å². The normalized spacial score (nSPS) is 16.7. The van der Waals surface area contributed by atoms with Gasteiger partial charge in [0.1, 0.15) is 12.7 Å². The monoisotopic (exact) mass is 550 g/mol. The van der Waals surface area contributed by atoms with Crippen molar-refractivity contribution in [3.63, 3.8) is 0 Å². The maximum atomic E-state index is 5.18. The van der Waals surface area contributed by atoms with E-state index in [0.717, 1.165) is 11.0 Å². The predicted molar refractivity (Wildman–Crippen MR) is 175 cm³/mol. The fourth-order valence-corrected chi connectivity index (χ4v) is 9.32. The van der Waals surface area contributed by atoms with Crippen molar-refractivity contribution in [2.45, 2.75) is 38.5 Å². The standard InChI is InChI=1S/C38H27BN4/c1-37(2)22-12-7-5-10-20(22)30-24(37)16-26-35-33(30)40-18-42(35)28-14-9-15-29-32(28)39(26)27-17-25-31(34-36(27)43(29)19-41-34)21-11-6-8-13-23(21)38(25,3)4/h5-19H,1-4H3. The molecule has 4 heterocycles. The second-order valence-corrected chi connectivity index (χ2v) is 13.9. The third-order valence-electron chi connectivity index (χ3n) is 11.3. The summed E-state index contributed by atoms with van der Waals surface area (Å²) in [6.45, 7) is 9.59. The molecule has 202 valence electrons. The quantitative estimate of drug-likeness (QED) is 0.213. The number of imidazole rings is 2. The van der Waals surface area contributed by atoms with Gasteiger partial charge in [-0.1, -0.05) is 94.4 Å². The van der Waals surface area contributed by atoms with Crippen LogP contribution in [0.5, 0.6) is 0 Å². The van der Waals surface area contributed by atoms with Gasteiger partial charge in [-0.25, -0.2) is 9.97 Å². The Kier molecular flexibility index (Phi) is 3.61. The lowest BCUT2D eigenvalue weighted by Gasteiger charge is -2.34. The molecular formula is C38H27BN4. The van der Waals surface area contributed by atoms with Gasteiger partial charge in [-0.05, 0) is 61.9 Å². The number of hydrogen-bond donors (Lipinski definition) is 0. The van der Waals surface area contributed by atoms with Crippen LogP contribution in [0.2, 0.25) is 0 Å². The van der Waals surface area contributed by atoms with Crippen LogP contribution in [-0.2, 0) is 10.8 Å². The Labute approximate surface area is 249 Å². The minimum absolute atomic E-state index is 0.0965. The second-order valence-electron chi connectivity index (χ2n) is 13.9. The van der Waals surface area contributed by atoms with Crippen molar-refractivity contribution in [2.75, 3.05) is 0 Å². The Bertz CT molecular complexity index is 2300. The van der Waals surface area contributed by atoms with Crippen molar-refractivity contribution < 1.29 is 0 Å². The minimum Gasteiger partial charge on any atom is -0.300 e. The van der Waals surface area contributed by atoms with Crippen LogP contribution in [0.4, 0.5) is 0 Å². The van der Waals surface area contributed by atoms with Gasteiger partial charge in [0.25, 0.3) is 6.71 Å². The zero-order valence-electron chi connectivity index (χ0n) is 24.5. The first-order chi connectivity index (χ1) is 20.9. The molecule has 7 aromatic rings. The van der Waals surface area contributed by atoms with E-state index in [0.29, 0.717) is 0 Å². The van der Waals surface area contributed by atoms with E-state index in [1.54, 1.807) is 0 Å².